The first kappa shape index (κ1) is 19.5. The highest BCUT2D eigenvalue weighted by molar-refractivity contribution is 9.10. The molecule has 0 aromatic heterocycles. The molecule has 1 aliphatic rings. The van der Waals surface area contributed by atoms with Crippen LogP contribution in [0, 0.1) is 5.82 Å². The Balaban J connectivity index is 1.63. The highest BCUT2D eigenvalue weighted by Crippen LogP contribution is 2.54. The highest BCUT2D eigenvalue weighted by Gasteiger charge is 2.40. The summed E-state index contributed by atoms with van der Waals surface area (Å²) in [7, 11) is -3.86. The largest absolute Gasteiger partial charge is 0.450 e. The third-order valence-electron chi connectivity index (χ3n) is 4.30. The number of urea groups is 1. The van der Waals surface area contributed by atoms with Crippen molar-refractivity contribution in [2.45, 2.75) is 6.54 Å². The molecule has 29 heavy (non-hydrogen) atoms. The van der Waals surface area contributed by atoms with Crippen molar-refractivity contribution in [3.63, 3.8) is 0 Å². The first-order chi connectivity index (χ1) is 13.9. The minimum Gasteiger partial charge on any atom is -0.413 e. The Hall–Kier alpha value is -2.83. The summed E-state index contributed by atoms with van der Waals surface area (Å²) in [6.45, 7) is 0.234. The Kier molecular flexibility index (Phi) is 5.30. The van der Waals surface area contributed by atoms with Gasteiger partial charge in [-0.1, -0.05) is 34.1 Å². The van der Waals surface area contributed by atoms with Gasteiger partial charge in [0.2, 0.25) is 0 Å². The van der Waals surface area contributed by atoms with Crippen LogP contribution in [0.5, 0.6) is 5.75 Å². The van der Waals surface area contributed by atoms with E-state index >= 15 is 0 Å². The van der Waals surface area contributed by atoms with Gasteiger partial charge >= 0.3 is 13.7 Å². The fourth-order valence-electron chi connectivity index (χ4n) is 2.92. The monoisotopic (exact) mass is 475 g/mol. The number of benzene rings is 3. The van der Waals surface area contributed by atoms with Crippen molar-refractivity contribution in [1.29, 1.82) is 0 Å². The van der Waals surface area contributed by atoms with Gasteiger partial charge in [0, 0.05) is 21.4 Å². The van der Waals surface area contributed by atoms with Crippen LogP contribution in [-0.4, -0.2) is 6.03 Å². The molecule has 0 bridgehead atoms. The number of hydrogen-bond donors (Lipinski definition) is 2. The van der Waals surface area contributed by atoms with E-state index in [1.807, 2.05) is 12.1 Å². The SMILES string of the molecule is O=C(Nc1ccc(Br)cc1)NP1(=O)Oc2ccccc2CN1c1ccc(F)cc1. The standard InChI is InChI=1S/C20H16BrFN3O3P/c21-15-5-9-17(10-6-15)23-20(26)24-29(27)25(18-11-7-16(22)8-12-18)13-14-3-1-2-4-19(14)28-29/h1-12H,13H2,(H2,23,24,26,27). The molecular formula is C20H16BrFN3O3P. The maximum Gasteiger partial charge on any atom is 0.450 e. The number of para-hydroxylation sites is 1. The van der Waals surface area contributed by atoms with Crippen LogP contribution in [0.1, 0.15) is 5.56 Å². The number of halogens is 2. The molecule has 1 unspecified atom stereocenters. The summed E-state index contributed by atoms with van der Waals surface area (Å²) in [6, 6.07) is 18.9. The van der Waals surface area contributed by atoms with Crippen LogP contribution in [0.25, 0.3) is 0 Å². The zero-order valence-corrected chi connectivity index (χ0v) is 17.5. The number of nitrogens with one attached hydrogen (secondary N) is 2. The fraction of sp³-hybridized carbons (Fsp3) is 0.0500. The van der Waals surface area contributed by atoms with Crippen molar-refractivity contribution in [2.75, 3.05) is 9.99 Å². The second-order valence-corrected chi connectivity index (χ2v) is 9.17. The topological polar surface area (TPSA) is 70.7 Å². The molecule has 1 aliphatic heterocycles. The Morgan fingerprint density at radius 2 is 1.72 bits per heavy atom. The summed E-state index contributed by atoms with van der Waals surface area (Å²) in [6.07, 6.45) is 0. The first-order valence-electron chi connectivity index (χ1n) is 8.69. The molecule has 0 fully saturated rings. The lowest BCUT2D eigenvalue weighted by Gasteiger charge is -2.37. The van der Waals surface area contributed by atoms with E-state index in [4.69, 9.17) is 4.52 Å². The minimum atomic E-state index is -3.86. The van der Waals surface area contributed by atoms with Gasteiger partial charge < -0.3 is 9.84 Å². The fourth-order valence-corrected chi connectivity index (χ4v) is 4.98. The molecule has 1 atom stereocenters. The van der Waals surface area contributed by atoms with Crippen molar-refractivity contribution >= 4 is 41.0 Å². The third kappa shape index (κ3) is 4.28. The number of hydrogen-bond acceptors (Lipinski definition) is 3. The number of rotatable bonds is 3. The van der Waals surface area contributed by atoms with Crippen molar-refractivity contribution in [1.82, 2.24) is 5.09 Å². The molecule has 0 aliphatic carbocycles. The van der Waals surface area contributed by atoms with Crippen LogP contribution in [-0.2, 0) is 11.1 Å². The lowest BCUT2D eigenvalue weighted by Crippen LogP contribution is -2.38. The summed E-state index contributed by atoms with van der Waals surface area (Å²) >= 11 is 3.33. The van der Waals surface area contributed by atoms with Crippen LogP contribution in [0.15, 0.2) is 77.3 Å². The minimum absolute atomic E-state index is 0.234. The number of anilines is 2. The Morgan fingerprint density at radius 3 is 2.45 bits per heavy atom. The van der Waals surface area contributed by atoms with E-state index in [1.165, 1.54) is 28.9 Å². The molecule has 1 heterocycles. The smallest absolute Gasteiger partial charge is 0.413 e. The Morgan fingerprint density at radius 1 is 1.03 bits per heavy atom. The number of amides is 2. The number of nitrogens with zero attached hydrogens (tertiary/aromatic N) is 1. The predicted octanol–water partition coefficient (Wildman–Crippen LogP) is 5.92. The number of carbonyl (C=O) groups excluding carboxylic acids is 1. The molecule has 6 nitrogen and oxygen atoms in total. The normalized spacial score (nSPS) is 17.8. The molecule has 3 aromatic rings. The third-order valence-corrected chi connectivity index (χ3v) is 6.77. The van der Waals surface area contributed by atoms with Crippen LogP contribution in [0.4, 0.5) is 20.6 Å². The molecule has 148 valence electrons. The van der Waals surface area contributed by atoms with E-state index < -0.39 is 19.5 Å². The molecule has 9 heteroatoms. The van der Waals surface area contributed by atoms with E-state index in [1.54, 1.807) is 36.4 Å². The van der Waals surface area contributed by atoms with Gasteiger partial charge in [-0.15, -0.1) is 0 Å². The van der Waals surface area contributed by atoms with Gasteiger partial charge in [-0.05, 0) is 54.6 Å². The molecule has 0 radical (unpaired) electrons. The Bertz CT molecular complexity index is 1090. The van der Waals surface area contributed by atoms with Crippen molar-refractivity contribution in [3.8, 4) is 5.75 Å². The highest BCUT2D eigenvalue weighted by atomic mass is 79.9. The van der Waals surface area contributed by atoms with E-state index in [9.17, 15) is 13.8 Å². The van der Waals surface area contributed by atoms with Gasteiger partial charge in [-0.2, -0.15) is 0 Å². The molecular weight excluding hydrogens is 460 g/mol. The molecule has 0 saturated carbocycles. The average molecular weight is 476 g/mol. The molecule has 2 amide bonds. The average Bonchev–Trinajstić information content (AvgIpc) is 2.69. The van der Waals surface area contributed by atoms with Crippen LogP contribution < -0.4 is 19.6 Å². The Labute approximate surface area is 175 Å². The van der Waals surface area contributed by atoms with Crippen molar-refractivity contribution < 1.29 is 18.3 Å². The van der Waals surface area contributed by atoms with E-state index in [2.05, 4.69) is 26.3 Å². The quantitative estimate of drug-likeness (QED) is 0.461. The maximum absolute atomic E-state index is 13.7. The zero-order chi connectivity index (χ0) is 20.4. The van der Waals surface area contributed by atoms with E-state index in [-0.39, 0.29) is 6.54 Å². The van der Waals surface area contributed by atoms with Gasteiger partial charge in [-0.3, -0.25) is 4.67 Å². The van der Waals surface area contributed by atoms with Crippen molar-refractivity contribution in [3.05, 3.63) is 88.6 Å². The van der Waals surface area contributed by atoms with E-state index in [0.29, 0.717) is 17.1 Å². The molecule has 0 spiro atoms. The molecule has 0 saturated heterocycles. The predicted molar refractivity (Wildman–Crippen MR) is 114 cm³/mol. The molecule has 4 rings (SSSR count). The lowest BCUT2D eigenvalue weighted by molar-refractivity contribution is 0.255. The summed E-state index contributed by atoms with van der Waals surface area (Å²) in [5, 5.41) is 5.10. The lowest BCUT2D eigenvalue weighted by atomic mass is 10.2. The summed E-state index contributed by atoms with van der Waals surface area (Å²) < 4.78 is 35.1. The second-order valence-electron chi connectivity index (χ2n) is 6.33. The van der Waals surface area contributed by atoms with Gasteiger partial charge in [0.1, 0.15) is 11.6 Å². The van der Waals surface area contributed by atoms with Gasteiger partial charge in [-0.25, -0.2) is 18.8 Å². The maximum atomic E-state index is 13.7. The number of fused-ring (bicyclic) bond motifs is 1. The van der Waals surface area contributed by atoms with Crippen LogP contribution >= 0.6 is 23.6 Å². The second kappa shape index (κ2) is 7.89. The first-order valence-corrected chi connectivity index (χ1v) is 11.1. The van der Waals surface area contributed by atoms with Crippen molar-refractivity contribution in [2.24, 2.45) is 0 Å². The van der Waals surface area contributed by atoms with E-state index in [0.717, 1.165) is 10.0 Å². The summed E-state index contributed by atoms with van der Waals surface area (Å²) in [5.74, 6) is 0.0148. The van der Waals surface area contributed by atoms with Gasteiger partial charge in [0.05, 0.1) is 6.54 Å². The van der Waals surface area contributed by atoms with Crippen LogP contribution in [0.3, 0.4) is 0 Å². The molecule has 2 N–H and O–H groups in total. The molecule has 3 aromatic carbocycles. The zero-order valence-electron chi connectivity index (χ0n) is 15.0. The summed E-state index contributed by atoms with van der Waals surface area (Å²) in [4.78, 5) is 12.5. The van der Waals surface area contributed by atoms with Gasteiger partial charge in [0.15, 0.2) is 0 Å². The summed E-state index contributed by atoms with van der Waals surface area (Å²) in [5.41, 5.74) is 1.80. The number of carbonyl (C=O) groups is 1. The van der Waals surface area contributed by atoms with Crippen LogP contribution in [0.2, 0.25) is 0 Å². The van der Waals surface area contributed by atoms with Gasteiger partial charge in [0.25, 0.3) is 0 Å².